The van der Waals surface area contributed by atoms with Gasteiger partial charge in [-0.25, -0.2) is 31.9 Å². The van der Waals surface area contributed by atoms with Crippen LogP contribution in [-0.4, -0.2) is 24.3 Å². The average molecular weight is 425 g/mol. The van der Waals surface area contributed by atoms with Crippen LogP contribution in [0.5, 0.6) is 0 Å². The van der Waals surface area contributed by atoms with Gasteiger partial charge in [0.25, 0.3) is 15.9 Å². The summed E-state index contributed by atoms with van der Waals surface area (Å²) in [5.41, 5.74) is -0.0409. The number of anilines is 2. The smallest absolute Gasteiger partial charge is 0.264 e. The minimum absolute atomic E-state index is 0.0899. The molecule has 3 rings (SSSR count). The van der Waals surface area contributed by atoms with Gasteiger partial charge >= 0.3 is 0 Å². The molecule has 0 bridgehead atoms. The van der Waals surface area contributed by atoms with Crippen molar-refractivity contribution in [2.24, 2.45) is 0 Å². The lowest BCUT2D eigenvalue weighted by atomic mass is 10.2. The molecular weight excluding hydrogens is 414 g/mol. The van der Waals surface area contributed by atoms with Crippen LogP contribution in [0.2, 0.25) is 5.02 Å². The molecule has 0 aliphatic carbocycles. The van der Waals surface area contributed by atoms with Crippen LogP contribution in [0.4, 0.5) is 20.4 Å². The highest BCUT2D eigenvalue weighted by Gasteiger charge is 2.17. The third-order valence-corrected chi connectivity index (χ3v) is 5.13. The minimum atomic E-state index is -3.93. The number of nitrogens with zero attached hydrogens (tertiary/aromatic N) is 2. The first-order valence-corrected chi connectivity index (χ1v) is 9.48. The molecule has 1 amide bonds. The molecule has 28 heavy (non-hydrogen) atoms. The maximum Gasteiger partial charge on any atom is 0.264 e. The molecule has 0 saturated carbocycles. The number of hydrogen-bond acceptors (Lipinski definition) is 5. The molecule has 0 atom stereocenters. The van der Waals surface area contributed by atoms with E-state index in [-0.39, 0.29) is 27.1 Å². The SMILES string of the molecule is O=C(Nc1ccc(S(=O)(=O)Nc2ncccn2)cc1)c1cc(F)c(F)cc1Cl. The Hall–Kier alpha value is -3.11. The molecule has 1 aromatic heterocycles. The summed E-state index contributed by atoms with van der Waals surface area (Å²) in [4.78, 5) is 19.6. The Bertz CT molecular complexity index is 1130. The first kappa shape index (κ1) is 19.6. The van der Waals surface area contributed by atoms with Crippen molar-refractivity contribution in [1.29, 1.82) is 0 Å². The lowest BCUT2D eigenvalue weighted by Gasteiger charge is -2.09. The van der Waals surface area contributed by atoms with Crippen LogP contribution in [0.3, 0.4) is 0 Å². The number of rotatable bonds is 5. The van der Waals surface area contributed by atoms with Gasteiger partial charge in [-0.2, -0.15) is 0 Å². The maximum atomic E-state index is 13.3. The van der Waals surface area contributed by atoms with E-state index in [1.165, 1.54) is 42.7 Å². The van der Waals surface area contributed by atoms with Gasteiger partial charge in [-0.05, 0) is 42.5 Å². The highest BCUT2D eigenvalue weighted by atomic mass is 35.5. The molecule has 2 N–H and O–H groups in total. The zero-order valence-corrected chi connectivity index (χ0v) is 15.4. The van der Waals surface area contributed by atoms with Crippen LogP contribution in [0.15, 0.2) is 59.8 Å². The molecule has 0 aliphatic heterocycles. The zero-order chi connectivity index (χ0) is 20.3. The standard InChI is InChI=1S/C17H11ClF2N4O3S/c18-13-9-15(20)14(19)8-12(13)16(25)23-10-2-4-11(5-3-10)28(26,27)24-17-21-6-1-7-22-17/h1-9H,(H,23,25)(H,21,22,24). The highest BCUT2D eigenvalue weighted by molar-refractivity contribution is 7.92. The summed E-state index contributed by atoms with van der Waals surface area (Å²) in [6.07, 6.45) is 2.76. The number of carbonyl (C=O) groups excluding carboxylic acids is 1. The summed E-state index contributed by atoms with van der Waals surface area (Å²) < 4.78 is 53.2. The monoisotopic (exact) mass is 424 g/mol. The Morgan fingerprint density at radius 3 is 2.25 bits per heavy atom. The number of aromatic nitrogens is 2. The lowest BCUT2D eigenvalue weighted by Crippen LogP contribution is -2.15. The largest absolute Gasteiger partial charge is 0.322 e. The third-order valence-electron chi connectivity index (χ3n) is 3.47. The highest BCUT2D eigenvalue weighted by Crippen LogP contribution is 2.22. The fourth-order valence-corrected chi connectivity index (χ4v) is 3.34. The van der Waals surface area contributed by atoms with Crippen LogP contribution < -0.4 is 10.0 Å². The fraction of sp³-hybridized carbons (Fsp3) is 0. The van der Waals surface area contributed by atoms with Gasteiger partial charge in [0.15, 0.2) is 11.6 Å². The summed E-state index contributed by atoms with van der Waals surface area (Å²) in [5.74, 6) is -3.26. The van der Waals surface area contributed by atoms with Gasteiger partial charge in [-0.3, -0.25) is 4.79 Å². The molecule has 1 heterocycles. The zero-order valence-electron chi connectivity index (χ0n) is 13.9. The van der Waals surface area contributed by atoms with E-state index in [4.69, 9.17) is 11.6 Å². The summed E-state index contributed by atoms with van der Waals surface area (Å²) in [6.45, 7) is 0. The summed E-state index contributed by atoms with van der Waals surface area (Å²) in [6, 6.07) is 8.04. The Kier molecular flexibility index (Phi) is 5.52. The first-order chi connectivity index (χ1) is 13.3. The van der Waals surface area contributed by atoms with Gasteiger partial charge < -0.3 is 5.32 Å². The van der Waals surface area contributed by atoms with Crippen molar-refractivity contribution in [3.8, 4) is 0 Å². The first-order valence-electron chi connectivity index (χ1n) is 7.62. The molecule has 144 valence electrons. The molecule has 0 saturated heterocycles. The minimum Gasteiger partial charge on any atom is -0.322 e. The maximum absolute atomic E-state index is 13.3. The number of hydrogen-bond donors (Lipinski definition) is 2. The van der Waals surface area contributed by atoms with E-state index in [1.54, 1.807) is 0 Å². The molecule has 7 nitrogen and oxygen atoms in total. The summed E-state index contributed by atoms with van der Waals surface area (Å²) >= 11 is 5.76. The van der Waals surface area contributed by atoms with E-state index in [1.807, 2.05) is 0 Å². The molecule has 0 unspecified atom stereocenters. The van der Waals surface area contributed by atoms with Crippen LogP contribution in [0.25, 0.3) is 0 Å². The predicted octanol–water partition coefficient (Wildman–Crippen LogP) is 3.46. The van der Waals surface area contributed by atoms with Crippen LogP contribution in [0.1, 0.15) is 10.4 Å². The van der Waals surface area contributed by atoms with Gasteiger partial charge in [-0.15, -0.1) is 0 Å². The topological polar surface area (TPSA) is 101 Å². The molecular formula is C17H11ClF2N4O3S. The van der Waals surface area contributed by atoms with E-state index in [2.05, 4.69) is 20.0 Å². The van der Waals surface area contributed by atoms with Crippen molar-refractivity contribution in [3.05, 3.63) is 77.1 Å². The van der Waals surface area contributed by atoms with E-state index < -0.39 is 27.6 Å². The van der Waals surface area contributed by atoms with E-state index in [9.17, 15) is 22.0 Å². The molecule has 3 aromatic rings. The van der Waals surface area contributed by atoms with Crippen LogP contribution >= 0.6 is 11.6 Å². The van der Waals surface area contributed by atoms with Gasteiger partial charge in [0.1, 0.15) is 0 Å². The Morgan fingerprint density at radius 1 is 1.00 bits per heavy atom. The Labute approximate surface area is 163 Å². The van der Waals surface area contributed by atoms with Crippen molar-refractivity contribution < 1.29 is 22.0 Å². The second-order valence-electron chi connectivity index (χ2n) is 5.40. The number of nitrogens with one attached hydrogen (secondary N) is 2. The second-order valence-corrected chi connectivity index (χ2v) is 7.49. The van der Waals surface area contributed by atoms with Crippen molar-refractivity contribution >= 4 is 39.2 Å². The lowest BCUT2D eigenvalue weighted by molar-refractivity contribution is 0.102. The molecule has 2 aromatic carbocycles. The average Bonchev–Trinajstić information content (AvgIpc) is 2.65. The summed E-state index contributed by atoms with van der Waals surface area (Å²) in [7, 11) is -3.93. The molecule has 0 radical (unpaired) electrons. The van der Waals surface area contributed by atoms with Crippen molar-refractivity contribution in [2.75, 3.05) is 10.0 Å². The third kappa shape index (κ3) is 4.41. The molecule has 0 aliphatic rings. The number of halogens is 3. The molecule has 11 heteroatoms. The van der Waals surface area contributed by atoms with Crippen molar-refractivity contribution in [3.63, 3.8) is 0 Å². The van der Waals surface area contributed by atoms with Gasteiger partial charge in [0.2, 0.25) is 5.95 Å². The summed E-state index contributed by atoms with van der Waals surface area (Å²) in [5, 5.41) is 2.16. The Morgan fingerprint density at radius 2 is 1.61 bits per heavy atom. The van der Waals surface area contributed by atoms with Gasteiger partial charge in [0, 0.05) is 18.1 Å². The van der Waals surface area contributed by atoms with E-state index >= 15 is 0 Å². The second kappa shape index (κ2) is 7.87. The predicted molar refractivity (Wildman–Crippen MR) is 98.6 cm³/mol. The van der Waals surface area contributed by atoms with E-state index in [0.29, 0.717) is 12.1 Å². The van der Waals surface area contributed by atoms with Crippen molar-refractivity contribution in [1.82, 2.24) is 9.97 Å². The Balaban J connectivity index is 1.76. The van der Waals surface area contributed by atoms with Crippen LogP contribution in [-0.2, 0) is 10.0 Å². The quantitative estimate of drug-likeness (QED) is 0.611. The normalized spacial score (nSPS) is 11.1. The number of sulfonamides is 1. The number of carbonyl (C=O) groups is 1. The van der Waals surface area contributed by atoms with Crippen molar-refractivity contribution in [2.45, 2.75) is 4.90 Å². The number of benzene rings is 2. The number of amides is 1. The fourth-order valence-electron chi connectivity index (χ4n) is 2.14. The van der Waals surface area contributed by atoms with E-state index in [0.717, 1.165) is 0 Å². The molecule has 0 spiro atoms. The van der Waals surface area contributed by atoms with Gasteiger partial charge in [0.05, 0.1) is 15.5 Å². The van der Waals surface area contributed by atoms with Gasteiger partial charge in [-0.1, -0.05) is 11.6 Å². The van der Waals surface area contributed by atoms with Crippen LogP contribution in [0, 0.1) is 11.6 Å². The molecule has 0 fully saturated rings.